The summed E-state index contributed by atoms with van der Waals surface area (Å²) in [7, 11) is 0. The number of Topliss-reactive ketones (excluding diaryl/α,β-unsaturated/α-hetero) is 1. The molecule has 0 amide bonds. The Bertz CT molecular complexity index is 252. The number of aliphatic hydroxyl groups is 1. The molecule has 4 heteroatoms. The number of carboxylic acids is 1. The van der Waals surface area contributed by atoms with Crippen molar-refractivity contribution in [2.45, 2.75) is 25.7 Å². The van der Waals surface area contributed by atoms with Crippen LogP contribution in [0.5, 0.6) is 0 Å². The van der Waals surface area contributed by atoms with Gasteiger partial charge < -0.3 is 10.2 Å². The van der Waals surface area contributed by atoms with Gasteiger partial charge in [-0.15, -0.1) is 0 Å². The number of aliphatic carboxylic acids is 1. The average Bonchev–Trinajstić information content (AvgIpc) is 1.97. The lowest BCUT2D eigenvalue weighted by molar-refractivity contribution is -0.137. The molecule has 0 saturated carbocycles. The van der Waals surface area contributed by atoms with Crippen LogP contribution in [0.25, 0.3) is 0 Å². The summed E-state index contributed by atoms with van der Waals surface area (Å²) in [6.45, 7) is 0. The fourth-order valence-corrected chi connectivity index (χ4v) is 1.23. The maximum atomic E-state index is 11.1. The summed E-state index contributed by atoms with van der Waals surface area (Å²) in [5.41, 5.74) is 0.0775. The second-order valence-corrected chi connectivity index (χ2v) is 2.77. The molecule has 0 atom stereocenters. The average molecular weight is 170 g/mol. The number of carbonyl (C=O) groups excluding carboxylic acids is 1. The fourth-order valence-electron chi connectivity index (χ4n) is 1.23. The Labute approximate surface area is 69.5 Å². The van der Waals surface area contributed by atoms with Crippen molar-refractivity contribution in [3.05, 3.63) is 11.3 Å². The van der Waals surface area contributed by atoms with Crippen molar-refractivity contribution in [1.29, 1.82) is 0 Å². The molecule has 4 nitrogen and oxygen atoms in total. The molecular formula is C8H10O4. The summed E-state index contributed by atoms with van der Waals surface area (Å²) < 4.78 is 0. The van der Waals surface area contributed by atoms with E-state index in [0.29, 0.717) is 19.3 Å². The Morgan fingerprint density at radius 3 is 2.58 bits per heavy atom. The van der Waals surface area contributed by atoms with Crippen molar-refractivity contribution in [3.8, 4) is 0 Å². The van der Waals surface area contributed by atoms with Crippen LogP contribution in [0.15, 0.2) is 11.3 Å². The van der Waals surface area contributed by atoms with Crippen molar-refractivity contribution >= 4 is 11.8 Å². The summed E-state index contributed by atoms with van der Waals surface area (Å²) in [6, 6.07) is 0. The highest BCUT2D eigenvalue weighted by Gasteiger charge is 2.21. The number of allylic oxidation sites excluding steroid dienone is 1. The molecule has 1 aliphatic rings. The number of ketones is 1. The van der Waals surface area contributed by atoms with Crippen molar-refractivity contribution in [2.75, 3.05) is 0 Å². The van der Waals surface area contributed by atoms with Gasteiger partial charge in [0.15, 0.2) is 5.78 Å². The van der Waals surface area contributed by atoms with Crippen molar-refractivity contribution in [2.24, 2.45) is 0 Å². The van der Waals surface area contributed by atoms with E-state index in [2.05, 4.69) is 0 Å². The molecule has 0 aromatic carbocycles. The molecule has 66 valence electrons. The van der Waals surface area contributed by atoms with E-state index in [1.807, 2.05) is 0 Å². The fraction of sp³-hybridized carbons (Fsp3) is 0.500. The Kier molecular flexibility index (Phi) is 2.47. The van der Waals surface area contributed by atoms with E-state index in [9.17, 15) is 14.7 Å². The van der Waals surface area contributed by atoms with Crippen LogP contribution in [0.4, 0.5) is 0 Å². The number of rotatable bonds is 2. The zero-order valence-corrected chi connectivity index (χ0v) is 6.54. The Morgan fingerprint density at radius 2 is 2.08 bits per heavy atom. The summed E-state index contributed by atoms with van der Waals surface area (Å²) in [4.78, 5) is 21.3. The molecule has 0 aromatic rings. The van der Waals surface area contributed by atoms with E-state index < -0.39 is 5.97 Å². The number of aliphatic hydroxyl groups excluding tert-OH is 1. The van der Waals surface area contributed by atoms with E-state index in [4.69, 9.17) is 5.11 Å². The van der Waals surface area contributed by atoms with Crippen LogP contribution in [0.2, 0.25) is 0 Å². The number of carboxylic acid groups (broad SMARTS) is 1. The van der Waals surface area contributed by atoms with Crippen molar-refractivity contribution in [1.82, 2.24) is 0 Å². The standard InChI is InChI=1S/C8H10O4/c9-6-2-1-3-7(10)5(6)4-8(11)12/h9H,1-4H2,(H,11,12). The molecule has 0 fully saturated rings. The smallest absolute Gasteiger partial charge is 0.308 e. The zero-order chi connectivity index (χ0) is 9.14. The second kappa shape index (κ2) is 3.38. The van der Waals surface area contributed by atoms with Crippen LogP contribution < -0.4 is 0 Å². The Hall–Kier alpha value is -1.32. The first-order chi connectivity index (χ1) is 5.61. The van der Waals surface area contributed by atoms with Crippen LogP contribution in [-0.4, -0.2) is 22.0 Å². The summed E-state index contributed by atoms with van der Waals surface area (Å²) in [6.07, 6.45) is 1.04. The summed E-state index contributed by atoms with van der Waals surface area (Å²) in [5.74, 6) is -1.36. The molecule has 0 heterocycles. The zero-order valence-electron chi connectivity index (χ0n) is 6.54. The molecule has 0 saturated heterocycles. The summed E-state index contributed by atoms with van der Waals surface area (Å²) >= 11 is 0. The van der Waals surface area contributed by atoms with E-state index >= 15 is 0 Å². The maximum absolute atomic E-state index is 11.1. The van der Waals surface area contributed by atoms with Gasteiger partial charge in [-0.2, -0.15) is 0 Å². The van der Waals surface area contributed by atoms with E-state index in [1.165, 1.54) is 0 Å². The van der Waals surface area contributed by atoms with Gasteiger partial charge in [0.2, 0.25) is 0 Å². The number of carbonyl (C=O) groups is 2. The largest absolute Gasteiger partial charge is 0.512 e. The van der Waals surface area contributed by atoms with Crippen LogP contribution in [0, 0.1) is 0 Å². The SMILES string of the molecule is O=C(O)CC1=C(O)CCCC1=O. The molecule has 0 bridgehead atoms. The van der Waals surface area contributed by atoms with E-state index in [1.54, 1.807) is 0 Å². The third kappa shape index (κ3) is 1.84. The van der Waals surface area contributed by atoms with Gasteiger partial charge in [-0.3, -0.25) is 9.59 Å². The van der Waals surface area contributed by atoms with E-state index in [0.717, 1.165) is 0 Å². The van der Waals surface area contributed by atoms with Crippen LogP contribution in [-0.2, 0) is 9.59 Å². The van der Waals surface area contributed by atoms with Gasteiger partial charge in [-0.05, 0) is 6.42 Å². The lowest BCUT2D eigenvalue weighted by Gasteiger charge is -2.12. The number of hydrogen-bond donors (Lipinski definition) is 2. The van der Waals surface area contributed by atoms with E-state index in [-0.39, 0.29) is 23.5 Å². The molecule has 1 rings (SSSR count). The third-order valence-corrected chi connectivity index (χ3v) is 1.83. The quantitative estimate of drug-likeness (QED) is 0.648. The molecule has 0 aromatic heterocycles. The van der Waals surface area contributed by atoms with Gasteiger partial charge in [0.1, 0.15) is 0 Å². The molecule has 0 aliphatic heterocycles. The molecule has 12 heavy (non-hydrogen) atoms. The molecule has 2 N–H and O–H groups in total. The minimum Gasteiger partial charge on any atom is -0.512 e. The van der Waals surface area contributed by atoms with Crippen molar-refractivity contribution in [3.63, 3.8) is 0 Å². The first-order valence-corrected chi connectivity index (χ1v) is 3.77. The first-order valence-electron chi connectivity index (χ1n) is 3.77. The highest BCUT2D eigenvalue weighted by Crippen LogP contribution is 2.22. The number of hydrogen-bond acceptors (Lipinski definition) is 3. The van der Waals surface area contributed by atoms with Gasteiger partial charge >= 0.3 is 5.97 Å². The van der Waals surface area contributed by atoms with Gasteiger partial charge in [0, 0.05) is 18.4 Å². The predicted octanol–water partition coefficient (Wildman–Crippen LogP) is 1.03. The topological polar surface area (TPSA) is 74.6 Å². The van der Waals surface area contributed by atoms with Crippen molar-refractivity contribution < 1.29 is 19.8 Å². The molecule has 1 aliphatic carbocycles. The second-order valence-electron chi connectivity index (χ2n) is 2.77. The monoisotopic (exact) mass is 170 g/mol. The van der Waals surface area contributed by atoms with Gasteiger partial charge in [-0.1, -0.05) is 0 Å². The Balaban J connectivity index is 2.81. The highest BCUT2D eigenvalue weighted by molar-refractivity contribution is 5.99. The van der Waals surface area contributed by atoms with Gasteiger partial charge in [-0.25, -0.2) is 0 Å². The Morgan fingerprint density at radius 1 is 1.42 bits per heavy atom. The minimum atomic E-state index is -1.08. The van der Waals surface area contributed by atoms with Crippen LogP contribution in [0.3, 0.4) is 0 Å². The molecular weight excluding hydrogens is 160 g/mol. The molecule has 0 radical (unpaired) electrons. The lowest BCUT2D eigenvalue weighted by atomic mass is 9.94. The van der Waals surface area contributed by atoms with Crippen LogP contribution >= 0.6 is 0 Å². The predicted molar refractivity (Wildman–Crippen MR) is 40.8 cm³/mol. The molecule has 0 spiro atoms. The normalized spacial score (nSPS) is 18.2. The van der Waals surface area contributed by atoms with Gasteiger partial charge in [0.05, 0.1) is 12.2 Å². The maximum Gasteiger partial charge on any atom is 0.308 e. The summed E-state index contributed by atoms with van der Waals surface area (Å²) in [5, 5.41) is 17.6. The molecule has 0 unspecified atom stereocenters. The van der Waals surface area contributed by atoms with Gasteiger partial charge in [0.25, 0.3) is 0 Å². The highest BCUT2D eigenvalue weighted by atomic mass is 16.4. The third-order valence-electron chi connectivity index (χ3n) is 1.83. The van der Waals surface area contributed by atoms with Crippen LogP contribution in [0.1, 0.15) is 25.7 Å². The first kappa shape index (κ1) is 8.77. The lowest BCUT2D eigenvalue weighted by Crippen LogP contribution is -2.14. The minimum absolute atomic E-state index is 0.0475.